The van der Waals surface area contributed by atoms with Gasteiger partial charge in [0.2, 0.25) is 0 Å². The second kappa shape index (κ2) is 6.85. The van der Waals surface area contributed by atoms with Gasteiger partial charge in [-0.05, 0) is 59.5 Å². The second-order valence-electron chi connectivity index (χ2n) is 6.52. The van der Waals surface area contributed by atoms with Crippen molar-refractivity contribution in [2.24, 2.45) is 5.92 Å². The van der Waals surface area contributed by atoms with Crippen molar-refractivity contribution in [3.63, 3.8) is 0 Å². The zero-order chi connectivity index (χ0) is 15.6. The molecule has 1 heterocycles. The van der Waals surface area contributed by atoms with Crippen LogP contribution >= 0.6 is 0 Å². The molecule has 0 saturated carbocycles. The van der Waals surface area contributed by atoms with Crippen LogP contribution in [0, 0.1) is 5.92 Å². The maximum atomic E-state index is 12.3. The van der Waals surface area contributed by atoms with Crippen LogP contribution < -0.4 is 4.72 Å². The van der Waals surface area contributed by atoms with Gasteiger partial charge in [0.25, 0.3) is 0 Å². The number of rotatable bonds is 4. The normalized spacial score (nSPS) is 22.8. The van der Waals surface area contributed by atoms with Gasteiger partial charge in [-0.2, -0.15) is 13.2 Å². The van der Waals surface area contributed by atoms with Crippen LogP contribution in [0.25, 0.3) is 0 Å². The molecule has 0 amide bonds. The third kappa shape index (κ3) is 6.20. The van der Waals surface area contributed by atoms with Crippen molar-refractivity contribution in [3.05, 3.63) is 0 Å². The van der Waals surface area contributed by atoms with Crippen LogP contribution in [0.15, 0.2) is 0 Å². The van der Waals surface area contributed by atoms with Crippen LogP contribution in [0.3, 0.4) is 0 Å². The number of piperidine rings is 1. The minimum Gasteiger partial charge on any atom is -0.598 e. The number of hydrogen-bond donors (Lipinski definition) is 1. The fourth-order valence-corrected chi connectivity index (χ4v) is 3.19. The van der Waals surface area contributed by atoms with Gasteiger partial charge >= 0.3 is 6.18 Å². The summed E-state index contributed by atoms with van der Waals surface area (Å²) in [6.45, 7) is 7.75. The van der Waals surface area contributed by atoms with E-state index in [2.05, 4.69) is 4.72 Å². The monoisotopic (exact) mass is 314 g/mol. The lowest BCUT2D eigenvalue weighted by Gasteiger charge is -2.36. The molecule has 0 aromatic heterocycles. The molecule has 0 aliphatic carbocycles. The van der Waals surface area contributed by atoms with Gasteiger partial charge < -0.3 is 4.55 Å². The van der Waals surface area contributed by atoms with E-state index < -0.39 is 24.1 Å². The van der Waals surface area contributed by atoms with Crippen molar-refractivity contribution in [3.8, 4) is 0 Å². The van der Waals surface area contributed by atoms with Gasteiger partial charge in [0.05, 0.1) is 12.6 Å². The molecular formula is C13H25F3N2OS. The van der Waals surface area contributed by atoms with Crippen LogP contribution in [0.2, 0.25) is 0 Å². The highest BCUT2D eigenvalue weighted by atomic mass is 32.2. The number of likely N-dealkylation sites (tertiary alicyclic amines) is 1. The molecule has 1 saturated heterocycles. The van der Waals surface area contributed by atoms with Gasteiger partial charge in [-0.25, -0.2) is 0 Å². The molecule has 1 rings (SSSR count). The Kier molecular flexibility index (Phi) is 6.19. The van der Waals surface area contributed by atoms with Crippen LogP contribution in [0.1, 0.15) is 40.5 Å². The molecule has 2 atom stereocenters. The smallest absolute Gasteiger partial charge is 0.401 e. The molecular weight excluding hydrogens is 289 g/mol. The van der Waals surface area contributed by atoms with Crippen LogP contribution in [0.4, 0.5) is 13.2 Å². The summed E-state index contributed by atoms with van der Waals surface area (Å²) in [5.41, 5.74) is 0. The Morgan fingerprint density at radius 1 is 1.25 bits per heavy atom. The van der Waals surface area contributed by atoms with Crippen LogP contribution in [0.5, 0.6) is 0 Å². The highest BCUT2D eigenvalue weighted by Gasteiger charge is 2.35. The van der Waals surface area contributed by atoms with E-state index in [4.69, 9.17) is 0 Å². The average Bonchev–Trinajstić information content (AvgIpc) is 2.26. The van der Waals surface area contributed by atoms with Gasteiger partial charge in [0, 0.05) is 11.4 Å². The lowest BCUT2D eigenvalue weighted by molar-refractivity contribution is -0.148. The van der Waals surface area contributed by atoms with Crippen molar-refractivity contribution in [2.75, 3.05) is 19.6 Å². The molecule has 0 aromatic carbocycles. The Hall–Kier alpha value is 0.0200. The molecule has 20 heavy (non-hydrogen) atoms. The first kappa shape index (κ1) is 18.1. The number of alkyl halides is 3. The number of halogens is 3. The van der Waals surface area contributed by atoms with Crippen molar-refractivity contribution >= 4 is 11.4 Å². The quantitative estimate of drug-likeness (QED) is 0.811. The fraction of sp³-hybridized carbons (Fsp3) is 1.00. The van der Waals surface area contributed by atoms with Gasteiger partial charge in [-0.15, -0.1) is 4.72 Å². The van der Waals surface area contributed by atoms with E-state index in [0.717, 1.165) is 0 Å². The molecule has 0 spiro atoms. The molecule has 1 fully saturated rings. The first-order valence-corrected chi connectivity index (χ1v) is 8.11. The van der Waals surface area contributed by atoms with E-state index in [0.29, 0.717) is 25.9 Å². The SMILES string of the molecule is C[C@@H](N[S+]([O-])C(C)(C)C)C1CCN(CC(F)(F)F)CC1. The molecule has 0 bridgehead atoms. The molecule has 120 valence electrons. The molecule has 3 nitrogen and oxygen atoms in total. The maximum absolute atomic E-state index is 12.3. The molecule has 0 aromatic rings. The largest absolute Gasteiger partial charge is 0.598 e. The lowest BCUT2D eigenvalue weighted by Crippen LogP contribution is -2.49. The second-order valence-corrected chi connectivity index (χ2v) is 8.51. The van der Waals surface area contributed by atoms with Gasteiger partial charge in [-0.1, -0.05) is 0 Å². The van der Waals surface area contributed by atoms with E-state index >= 15 is 0 Å². The highest BCUT2D eigenvalue weighted by molar-refractivity contribution is 7.90. The number of hydrogen-bond acceptors (Lipinski definition) is 3. The summed E-state index contributed by atoms with van der Waals surface area (Å²) in [5.74, 6) is 0.283. The van der Waals surface area contributed by atoms with Gasteiger partial charge in [0.15, 0.2) is 0 Å². The average molecular weight is 314 g/mol. The van der Waals surface area contributed by atoms with E-state index in [-0.39, 0.29) is 16.7 Å². The predicted octanol–water partition coefficient (Wildman–Crippen LogP) is 2.70. The molecule has 1 unspecified atom stereocenters. The third-order valence-electron chi connectivity index (χ3n) is 3.59. The molecule has 7 heteroatoms. The topological polar surface area (TPSA) is 38.3 Å². The zero-order valence-electron chi connectivity index (χ0n) is 12.6. The van der Waals surface area contributed by atoms with E-state index in [1.165, 1.54) is 4.90 Å². The third-order valence-corrected chi connectivity index (χ3v) is 5.29. The summed E-state index contributed by atoms with van der Waals surface area (Å²) in [6.07, 6.45) is -2.69. The first-order chi connectivity index (χ1) is 8.99. The standard InChI is InChI=1S/C13H25F3N2OS/c1-10(17-20(19)12(2,3)4)11-5-7-18(8-6-11)9-13(14,15)16/h10-11,17H,5-9H2,1-4H3/t10-,20?/m1/s1. The number of nitrogens with zero attached hydrogens (tertiary/aromatic N) is 1. The van der Waals surface area contributed by atoms with Crippen molar-refractivity contribution in [2.45, 2.75) is 57.5 Å². The van der Waals surface area contributed by atoms with Gasteiger partial charge in [0.1, 0.15) is 4.75 Å². The molecule has 1 aliphatic heterocycles. The zero-order valence-corrected chi connectivity index (χ0v) is 13.4. The Balaban J connectivity index is 2.38. The molecule has 1 N–H and O–H groups in total. The molecule has 0 radical (unpaired) electrons. The van der Waals surface area contributed by atoms with Crippen molar-refractivity contribution < 1.29 is 17.7 Å². The summed E-state index contributed by atoms with van der Waals surface area (Å²) in [6, 6.07) is 0.0584. The summed E-state index contributed by atoms with van der Waals surface area (Å²) >= 11 is -1.14. The van der Waals surface area contributed by atoms with Crippen LogP contribution in [-0.4, -0.2) is 46.1 Å². The minimum absolute atomic E-state index is 0.0584. The Morgan fingerprint density at radius 3 is 2.15 bits per heavy atom. The van der Waals surface area contributed by atoms with E-state index in [1.807, 2.05) is 27.7 Å². The lowest BCUT2D eigenvalue weighted by atomic mass is 9.91. The fourth-order valence-electron chi connectivity index (χ4n) is 2.31. The predicted molar refractivity (Wildman–Crippen MR) is 75.7 cm³/mol. The van der Waals surface area contributed by atoms with E-state index in [1.54, 1.807) is 0 Å². The van der Waals surface area contributed by atoms with E-state index in [9.17, 15) is 17.7 Å². The van der Waals surface area contributed by atoms with Crippen molar-refractivity contribution in [1.82, 2.24) is 9.62 Å². The summed E-state index contributed by atoms with van der Waals surface area (Å²) < 4.78 is 51.7. The Labute approximate surface area is 122 Å². The van der Waals surface area contributed by atoms with Gasteiger partial charge in [-0.3, -0.25) is 4.90 Å². The summed E-state index contributed by atoms with van der Waals surface area (Å²) in [7, 11) is 0. The first-order valence-electron chi connectivity index (χ1n) is 6.96. The van der Waals surface area contributed by atoms with Crippen molar-refractivity contribution in [1.29, 1.82) is 0 Å². The van der Waals surface area contributed by atoms with Crippen LogP contribution in [-0.2, 0) is 11.4 Å². The summed E-state index contributed by atoms with van der Waals surface area (Å²) in [5, 5.41) is 0. The highest BCUT2D eigenvalue weighted by Crippen LogP contribution is 2.25. The molecule has 1 aliphatic rings. The Morgan fingerprint density at radius 2 is 1.75 bits per heavy atom. The maximum Gasteiger partial charge on any atom is 0.401 e. The Bertz CT molecular complexity index is 299. The minimum atomic E-state index is -4.12. The number of nitrogens with one attached hydrogen (secondary N) is 1. The summed E-state index contributed by atoms with van der Waals surface area (Å²) in [4.78, 5) is 1.45.